The van der Waals surface area contributed by atoms with Crippen molar-refractivity contribution in [1.82, 2.24) is 9.88 Å². The lowest BCUT2D eigenvalue weighted by Crippen LogP contribution is -2.53. The molecule has 4 heteroatoms. The van der Waals surface area contributed by atoms with Crippen LogP contribution < -0.4 is 0 Å². The predicted molar refractivity (Wildman–Crippen MR) is 73.8 cm³/mol. The van der Waals surface area contributed by atoms with E-state index in [2.05, 4.69) is 9.88 Å². The minimum absolute atomic E-state index is 0.188. The molecule has 0 radical (unpaired) electrons. The summed E-state index contributed by atoms with van der Waals surface area (Å²) in [6.07, 6.45) is 3.78. The van der Waals surface area contributed by atoms with Crippen LogP contribution in [-0.2, 0) is 11.3 Å². The van der Waals surface area contributed by atoms with Crippen LogP contribution >= 0.6 is 0 Å². The fraction of sp³-hybridized carbons (Fsp3) is 0.600. The van der Waals surface area contributed by atoms with Crippen molar-refractivity contribution >= 4 is 5.97 Å². The average Bonchev–Trinajstić information content (AvgIpc) is 2.30. The Bertz CT molecular complexity index is 471. The van der Waals surface area contributed by atoms with E-state index in [4.69, 9.17) is 0 Å². The molecule has 104 valence electrons. The Kier molecular flexibility index (Phi) is 3.90. The van der Waals surface area contributed by atoms with Crippen molar-refractivity contribution in [3.8, 4) is 0 Å². The molecule has 1 fully saturated rings. The molecule has 1 aromatic rings. The molecule has 1 atom stereocenters. The van der Waals surface area contributed by atoms with Crippen molar-refractivity contribution < 1.29 is 9.90 Å². The van der Waals surface area contributed by atoms with Crippen LogP contribution in [0, 0.1) is 12.3 Å². The molecule has 19 heavy (non-hydrogen) atoms. The molecular formula is C15H22N2O2. The Labute approximate surface area is 114 Å². The third-order valence-electron chi connectivity index (χ3n) is 4.08. The van der Waals surface area contributed by atoms with E-state index in [1.165, 1.54) is 0 Å². The van der Waals surface area contributed by atoms with Gasteiger partial charge in [-0.05, 0) is 43.4 Å². The van der Waals surface area contributed by atoms with Gasteiger partial charge in [-0.3, -0.25) is 14.7 Å². The summed E-state index contributed by atoms with van der Waals surface area (Å²) in [6, 6.07) is 3.50. The summed E-state index contributed by atoms with van der Waals surface area (Å²) in [5.41, 5.74) is 1.91. The molecule has 1 saturated heterocycles. The first-order valence-electron chi connectivity index (χ1n) is 6.79. The number of hydrogen-bond donors (Lipinski definition) is 1. The highest BCUT2D eigenvalue weighted by Gasteiger charge is 2.42. The van der Waals surface area contributed by atoms with Crippen LogP contribution in [0.3, 0.4) is 0 Å². The largest absolute Gasteiger partial charge is 0.480 e. The highest BCUT2D eigenvalue weighted by atomic mass is 16.4. The van der Waals surface area contributed by atoms with Crippen LogP contribution in [0.15, 0.2) is 18.3 Å². The van der Waals surface area contributed by atoms with E-state index in [1.54, 1.807) is 6.20 Å². The monoisotopic (exact) mass is 262 g/mol. The first-order valence-corrected chi connectivity index (χ1v) is 6.79. The molecule has 2 rings (SSSR count). The number of hydrogen-bond acceptors (Lipinski definition) is 3. The fourth-order valence-corrected chi connectivity index (χ4v) is 3.03. The summed E-state index contributed by atoms with van der Waals surface area (Å²) in [7, 11) is 0. The van der Waals surface area contributed by atoms with Gasteiger partial charge in [0.15, 0.2) is 0 Å². The molecule has 0 aromatic carbocycles. The number of piperidine rings is 1. The van der Waals surface area contributed by atoms with Crippen molar-refractivity contribution in [1.29, 1.82) is 0 Å². The third kappa shape index (κ3) is 2.95. The molecule has 2 heterocycles. The molecule has 1 aliphatic heterocycles. The number of carbonyl (C=O) groups is 1. The van der Waals surface area contributed by atoms with Crippen molar-refractivity contribution in [3.05, 3.63) is 29.6 Å². The summed E-state index contributed by atoms with van der Waals surface area (Å²) < 4.78 is 0. The van der Waals surface area contributed by atoms with E-state index >= 15 is 0 Å². The summed E-state index contributed by atoms with van der Waals surface area (Å²) in [4.78, 5) is 18.0. The maximum absolute atomic E-state index is 11.6. The van der Waals surface area contributed by atoms with E-state index in [0.29, 0.717) is 6.54 Å². The number of likely N-dealkylation sites (tertiary alicyclic amines) is 1. The summed E-state index contributed by atoms with van der Waals surface area (Å²) in [5.74, 6) is -0.724. The molecule has 0 bridgehead atoms. The van der Waals surface area contributed by atoms with Crippen LogP contribution in [-0.4, -0.2) is 33.5 Å². The fourth-order valence-electron chi connectivity index (χ4n) is 3.03. The van der Waals surface area contributed by atoms with Crippen molar-refractivity contribution in [2.75, 3.05) is 6.54 Å². The zero-order valence-corrected chi connectivity index (χ0v) is 11.9. The molecule has 1 unspecified atom stereocenters. The second-order valence-corrected chi connectivity index (χ2v) is 6.07. The minimum atomic E-state index is -0.724. The number of carboxylic acids is 1. The zero-order chi connectivity index (χ0) is 14.0. The van der Waals surface area contributed by atoms with Gasteiger partial charge >= 0.3 is 5.97 Å². The quantitative estimate of drug-likeness (QED) is 0.909. The van der Waals surface area contributed by atoms with Gasteiger partial charge in [0.1, 0.15) is 6.04 Å². The Morgan fingerprint density at radius 2 is 2.32 bits per heavy atom. The lowest BCUT2D eigenvalue weighted by Gasteiger charge is -2.44. The van der Waals surface area contributed by atoms with Gasteiger partial charge in [-0.15, -0.1) is 0 Å². The first kappa shape index (κ1) is 14.0. The number of nitrogens with zero attached hydrogens (tertiary/aromatic N) is 2. The topological polar surface area (TPSA) is 53.4 Å². The number of aromatic nitrogens is 1. The molecule has 0 spiro atoms. The van der Waals surface area contributed by atoms with Gasteiger partial charge in [0.25, 0.3) is 0 Å². The standard InChI is InChI=1S/C15H22N2O2/c1-11-6-4-8-16-12(11)10-17-9-5-7-15(2,3)13(17)14(18)19/h4,6,8,13H,5,7,9-10H2,1-3H3,(H,18,19). The second kappa shape index (κ2) is 5.29. The number of pyridine rings is 1. The SMILES string of the molecule is Cc1cccnc1CN1CCCC(C)(C)C1C(=O)O. The lowest BCUT2D eigenvalue weighted by atomic mass is 9.76. The van der Waals surface area contributed by atoms with Gasteiger partial charge in [-0.1, -0.05) is 19.9 Å². The first-order chi connectivity index (χ1) is 8.92. The summed E-state index contributed by atoms with van der Waals surface area (Å²) >= 11 is 0. The molecule has 0 aliphatic carbocycles. The summed E-state index contributed by atoms with van der Waals surface area (Å²) in [5, 5.41) is 9.53. The van der Waals surface area contributed by atoms with E-state index in [9.17, 15) is 9.90 Å². The highest BCUT2D eigenvalue weighted by molar-refractivity contribution is 5.74. The molecule has 0 saturated carbocycles. The van der Waals surface area contributed by atoms with Crippen molar-refractivity contribution in [3.63, 3.8) is 0 Å². The van der Waals surface area contributed by atoms with Gasteiger partial charge < -0.3 is 5.11 Å². The van der Waals surface area contributed by atoms with Gasteiger partial charge in [-0.25, -0.2) is 0 Å². The van der Waals surface area contributed by atoms with Crippen LogP contribution in [0.5, 0.6) is 0 Å². The van der Waals surface area contributed by atoms with Crippen LogP contribution in [0.1, 0.15) is 37.9 Å². The molecule has 1 N–H and O–H groups in total. The van der Waals surface area contributed by atoms with Gasteiger partial charge in [0, 0.05) is 12.7 Å². The Morgan fingerprint density at radius 3 is 2.95 bits per heavy atom. The predicted octanol–water partition coefficient (Wildman–Crippen LogP) is 2.47. The van der Waals surface area contributed by atoms with Crippen LogP contribution in [0.4, 0.5) is 0 Å². The maximum atomic E-state index is 11.6. The molecule has 4 nitrogen and oxygen atoms in total. The number of aryl methyl sites for hydroxylation is 1. The van der Waals surface area contributed by atoms with Gasteiger partial charge in [0.05, 0.1) is 5.69 Å². The third-order valence-corrected chi connectivity index (χ3v) is 4.08. The maximum Gasteiger partial charge on any atom is 0.321 e. The zero-order valence-electron chi connectivity index (χ0n) is 11.9. The van der Waals surface area contributed by atoms with E-state index < -0.39 is 12.0 Å². The number of carboxylic acid groups (broad SMARTS) is 1. The molecule has 1 aliphatic rings. The lowest BCUT2D eigenvalue weighted by molar-refractivity contribution is -0.151. The number of rotatable bonds is 3. The summed E-state index contributed by atoms with van der Waals surface area (Å²) in [6.45, 7) is 7.56. The average molecular weight is 262 g/mol. The van der Waals surface area contributed by atoms with E-state index in [1.807, 2.05) is 32.9 Å². The normalized spacial score (nSPS) is 23.2. The number of aliphatic carboxylic acids is 1. The minimum Gasteiger partial charge on any atom is -0.480 e. The van der Waals surface area contributed by atoms with Gasteiger partial charge in [0.2, 0.25) is 0 Å². The molecule has 1 aromatic heterocycles. The molecular weight excluding hydrogens is 240 g/mol. The van der Waals surface area contributed by atoms with E-state index in [-0.39, 0.29) is 5.41 Å². The van der Waals surface area contributed by atoms with Crippen molar-refractivity contribution in [2.45, 2.75) is 46.2 Å². The Balaban J connectivity index is 2.23. The highest BCUT2D eigenvalue weighted by Crippen LogP contribution is 2.36. The van der Waals surface area contributed by atoms with Crippen LogP contribution in [0.25, 0.3) is 0 Å². The Hall–Kier alpha value is -1.42. The van der Waals surface area contributed by atoms with Crippen molar-refractivity contribution in [2.24, 2.45) is 5.41 Å². The smallest absolute Gasteiger partial charge is 0.321 e. The van der Waals surface area contributed by atoms with Gasteiger partial charge in [-0.2, -0.15) is 0 Å². The second-order valence-electron chi connectivity index (χ2n) is 6.07. The molecule has 0 amide bonds. The Morgan fingerprint density at radius 1 is 1.58 bits per heavy atom. The van der Waals surface area contributed by atoms with E-state index in [0.717, 1.165) is 30.6 Å². The van der Waals surface area contributed by atoms with Crippen LogP contribution in [0.2, 0.25) is 0 Å².